The van der Waals surface area contributed by atoms with Gasteiger partial charge in [-0.05, 0) is 24.6 Å². The number of amides is 1. The molecule has 5 nitrogen and oxygen atoms in total. The molecule has 0 bridgehead atoms. The van der Waals surface area contributed by atoms with Crippen LogP contribution < -0.4 is 10.1 Å². The summed E-state index contributed by atoms with van der Waals surface area (Å²) in [5, 5.41) is 2.45. The molecule has 0 saturated heterocycles. The van der Waals surface area contributed by atoms with E-state index in [1.165, 1.54) is 19.2 Å². The van der Waals surface area contributed by atoms with Crippen molar-refractivity contribution in [1.29, 1.82) is 0 Å². The van der Waals surface area contributed by atoms with E-state index in [9.17, 15) is 18.0 Å². The quantitative estimate of drug-likeness (QED) is 0.748. The minimum atomic E-state index is -4.45. The van der Waals surface area contributed by atoms with Crippen LogP contribution in [0.15, 0.2) is 18.2 Å². The second-order valence-corrected chi connectivity index (χ2v) is 4.50. The molecule has 0 fully saturated rings. The number of carbonyl (C=O) groups is 1. The lowest BCUT2D eigenvalue weighted by atomic mass is 10.2. The van der Waals surface area contributed by atoms with Gasteiger partial charge in [0.2, 0.25) is 5.91 Å². The van der Waals surface area contributed by atoms with Crippen LogP contribution in [0.25, 0.3) is 0 Å². The van der Waals surface area contributed by atoms with E-state index in [1.54, 1.807) is 13.0 Å². The normalized spacial score (nSPS) is 11.3. The van der Waals surface area contributed by atoms with Crippen molar-refractivity contribution < 1.29 is 32.2 Å². The smallest absolute Gasteiger partial charge is 0.422 e. The molecule has 0 unspecified atom stereocenters. The van der Waals surface area contributed by atoms with E-state index in [1.807, 2.05) is 0 Å². The maximum atomic E-state index is 12.2. The maximum absolute atomic E-state index is 12.2. The van der Waals surface area contributed by atoms with Gasteiger partial charge in [0.25, 0.3) is 0 Å². The molecule has 0 radical (unpaired) electrons. The van der Waals surface area contributed by atoms with Crippen molar-refractivity contribution in [3.63, 3.8) is 0 Å². The monoisotopic (exact) mass is 321 g/mol. The predicted molar refractivity (Wildman–Crippen MR) is 74.1 cm³/mol. The summed E-state index contributed by atoms with van der Waals surface area (Å²) in [6, 6.07) is 4.56. The van der Waals surface area contributed by atoms with E-state index in [0.29, 0.717) is 12.2 Å². The van der Waals surface area contributed by atoms with Crippen molar-refractivity contribution in [2.45, 2.75) is 13.1 Å². The largest absolute Gasteiger partial charge is 0.482 e. The van der Waals surface area contributed by atoms with Crippen LogP contribution in [-0.4, -0.2) is 45.6 Å². The number of hydrogen-bond donors (Lipinski definition) is 1. The molecule has 0 saturated carbocycles. The number of rotatable bonds is 8. The van der Waals surface area contributed by atoms with Gasteiger partial charge in [-0.25, -0.2) is 0 Å². The Hall–Kier alpha value is -1.80. The third-order valence-electron chi connectivity index (χ3n) is 2.47. The second kappa shape index (κ2) is 8.60. The Balaban J connectivity index is 2.63. The van der Waals surface area contributed by atoms with Crippen LogP contribution in [0.1, 0.15) is 5.56 Å². The number of ether oxygens (including phenoxy) is 3. The van der Waals surface area contributed by atoms with Gasteiger partial charge in [0, 0.05) is 7.11 Å². The summed E-state index contributed by atoms with van der Waals surface area (Å²) in [6.45, 7) is 0.645. The third-order valence-corrected chi connectivity index (χ3v) is 2.47. The fourth-order valence-corrected chi connectivity index (χ4v) is 1.51. The van der Waals surface area contributed by atoms with Gasteiger partial charge in [-0.2, -0.15) is 13.2 Å². The number of methoxy groups -OCH3 is 1. The van der Waals surface area contributed by atoms with Crippen molar-refractivity contribution in [2.75, 3.05) is 38.9 Å². The number of alkyl halides is 3. The van der Waals surface area contributed by atoms with Crippen LogP contribution >= 0.6 is 0 Å². The van der Waals surface area contributed by atoms with Gasteiger partial charge < -0.3 is 19.5 Å². The molecule has 0 atom stereocenters. The number of nitrogens with one attached hydrogen (secondary N) is 1. The lowest BCUT2D eigenvalue weighted by Gasteiger charge is -2.14. The van der Waals surface area contributed by atoms with Gasteiger partial charge in [-0.1, -0.05) is 6.07 Å². The predicted octanol–water partition coefficient (Wildman–Crippen LogP) is 2.54. The Bertz CT molecular complexity index is 491. The molecule has 124 valence electrons. The number of benzene rings is 1. The lowest BCUT2D eigenvalue weighted by Crippen LogP contribution is -2.22. The molecule has 1 amide bonds. The van der Waals surface area contributed by atoms with E-state index >= 15 is 0 Å². The summed E-state index contributed by atoms with van der Waals surface area (Å²) in [5.74, 6) is -0.528. The van der Waals surface area contributed by atoms with Crippen molar-refractivity contribution in [1.82, 2.24) is 0 Å². The highest BCUT2D eigenvalue weighted by molar-refractivity contribution is 5.93. The number of halogens is 3. The first-order valence-corrected chi connectivity index (χ1v) is 6.48. The zero-order chi connectivity index (χ0) is 16.6. The fourth-order valence-electron chi connectivity index (χ4n) is 1.51. The zero-order valence-electron chi connectivity index (χ0n) is 12.3. The average molecular weight is 321 g/mol. The van der Waals surface area contributed by atoms with Gasteiger partial charge in [0.1, 0.15) is 12.4 Å². The molecule has 0 aliphatic rings. The highest BCUT2D eigenvalue weighted by atomic mass is 19.4. The van der Waals surface area contributed by atoms with Crippen LogP contribution in [-0.2, 0) is 14.3 Å². The van der Waals surface area contributed by atoms with Crippen molar-refractivity contribution in [2.24, 2.45) is 0 Å². The Morgan fingerprint density at radius 2 is 2.00 bits per heavy atom. The van der Waals surface area contributed by atoms with Crippen molar-refractivity contribution in [3.8, 4) is 5.75 Å². The number of anilines is 1. The summed E-state index contributed by atoms with van der Waals surface area (Å²) in [5.41, 5.74) is 0.877. The van der Waals surface area contributed by atoms with Gasteiger partial charge >= 0.3 is 6.18 Å². The van der Waals surface area contributed by atoms with Gasteiger partial charge in [-0.3, -0.25) is 4.79 Å². The lowest BCUT2D eigenvalue weighted by molar-refractivity contribution is -0.153. The van der Waals surface area contributed by atoms with E-state index in [2.05, 4.69) is 5.32 Å². The minimum Gasteiger partial charge on any atom is -0.482 e. The molecule has 0 aromatic heterocycles. The second-order valence-electron chi connectivity index (χ2n) is 4.50. The Morgan fingerprint density at radius 1 is 1.27 bits per heavy atom. The van der Waals surface area contributed by atoms with Crippen LogP contribution in [0.3, 0.4) is 0 Å². The molecule has 1 aromatic rings. The highest BCUT2D eigenvalue weighted by Crippen LogP contribution is 2.27. The summed E-state index contributed by atoms with van der Waals surface area (Å²) in [4.78, 5) is 11.7. The molecule has 0 aliphatic carbocycles. The zero-order valence-corrected chi connectivity index (χ0v) is 12.3. The Morgan fingerprint density at radius 3 is 2.64 bits per heavy atom. The average Bonchev–Trinajstić information content (AvgIpc) is 2.43. The van der Waals surface area contributed by atoms with E-state index in [-0.39, 0.29) is 24.7 Å². The SMILES string of the molecule is COCCOCC(=O)Nc1ccc(C)cc1OCC(F)(F)F. The molecular weight excluding hydrogens is 303 g/mol. The molecule has 1 N–H and O–H groups in total. The van der Waals surface area contributed by atoms with Crippen LogP contribution in [0.5, 0.6) is 5.75 Å². The Kier molecular flexibility index (Phi) is 7.13. The maximum Gasteiger partial charge on any atom is 0.422 e. The Labute approximate surface area is 126 Å². The standard InChI is InChI=1S/C14H18F3NO4/c1-10-3-4-11(12(7-10)22-9-14(15,16)17)18-13(19)8-21-6-5-20-2/h3-4,7H,5-6,8-9H2,1-2H3,(H,18,19). The topological polar surface area (TPSA) is 56.8 Å². The first-order valence-electron chi connectivity index (χ1n) is 6.48. The number of hydrogen-bond acceptors (Lipinski definition) is 4. The molecular formula is C14H18F3NO4. The summed E-state index contributed by atoms with van der Waals surface area (Å²) >= 11 is 0. The van der Waals surface area contributed by atoms with Crippen LogP contribution in [0.4, 0.5) is 18.9 Å². The third kappa shape index (κ3) is 7.28. The summed E-state index contributed by atoms with van der Waals surface area (Å²) in [7, 11) is 1.50. The van der Waals surface area contributed by atoms with Crippen LogP contribution in [0, 0.1) is 6.92 Å². The first-order chi connectivity index (χ1) is 10.3. The fraction of sp³-hybridized carbons (Fsp3) is 0.500. The molecule has 0 heterocycles. The highest BCUT2D eigenvalue weighted by Gasteiger charge is 2.29. The van der Waals surface area contributed by atoms with Gasteiger partial charge in [-0.15, -0.1) is 0 Å². The molecule has 1 rings (SSSR count). The summed E-state index contributed by atoms with van der Waals surface area (Å²) < 4.78 is 51.2. The molecule has 1 aromatic carbocycles. The van der Waals surface area contributed by atoms with Crippen molar-refractivity contribution >= 4 is 11.6 Å². The van der Waals surface area contributed by atoms with E-state index in [0.717, 1.165) is 0 Å². The van der Waals surface area contributed by atoms with E-state index in [4.69, 9.17) is 14.2 Å². The van der Waals surface area contributed by atoms with Crippen LogP contribution in [0.2, 0.25) is 0 Å². The molecule has 8 heteroatoms. The molecule has 0 spiro atoms. The van der Waals surface area contributed by atoms with Crippen molar-refractivity contribution in [3.05, 3.63) is 23.8 Å². The van der Waals surface area contributed by atoms with Gasteiger partial charge in [0.05, 0.1) is 18.9 Å². The number of carbonyl (C=O) groups excluding carboxylic acids is 1. The summed E-state index contributed by atoms with van der Waals surface area (Å²) in [6.07, 6.45) is -4.45. The molecule has 22 heavy (non-hydrogen) atoms. The minimum absolute atomic E-state index is 0.0393. The van der Waals surface area contributed by atoms with E-state index < -0.39 is 18.7 Å². The number of aryl methyl sites for hydroxylation is 1. The van der Waals surface area contributed by atoms with Gasteiger partial charge in [0.15, 0.2) is 6.61 Å². The molecule has 0 aliphatic heterocycles. The first kappa shape index (κ1) is 18.2.